The molecule has 0 aliphatic heterocycles. The molecular formula is C16H17N3. The van der Waals surface area contributed by atoms with Crippen LogP contribution in [0.4, 0.5) is 0 Å². The van der Waals surface area contributed by atoms with Gasteiger partial charge >= 0.3 is 0 Å². The first-order valence-electron chi connectivity index (χ1n) is 6.36. The summed E-state index contributed by atoms with van der Waals surface area (Å²) in [5.74, 6) is 0. The van der Waals surface area contributed by atoms with E-state index in [1.807, 2.05) is 36.4 Å². The maximum atomic E-state index is 8.93. The maximum absolute atomic E-state index is 8.93. The molecule has 0 aliphatic carbocycles. The molecule has 3 heteroatoms. The van der Waals surface area contributed by atoms with Gasteiger partial charge in [0.05, 0.1) is 11.6 Å². The predicted molar refractivity (Wildman–Crippen MR) is 75.4 cm³/mol. The van der Waals surface area contributed by atoms with Gasteiger partial charge in [-0.25, -0.2) is 0 Å². The SMILES string of the molecule is CC(NC(C)c1cccc(C#N)c1)c1ccncc1. The quantitative estimate of drug-likeness (QED) is 0.906. The lowest BCUT2D eigenvalue weighted by atomic mass is 10.0. The number of nitrogens with zero attached hydrogens (tertiary/aromatic N) is 2. The number of hydrogen-bond acceptors (Lipinski definition) is 3. The van der Waals surface area contributed by atoms with Crippen molar-refractivity contribution in [1.82, 2.24) is 10.3 Å². The second-order valence-electron chi connectivity index (χ2n) is 4.63. The summed E-state index contributed by atoms with van der Waals surface area (Å²) >= 11 is 0. The number of pyridine rings is 1. The molecule has 1 heterocycles. The Balaban J connectivity index is 2.08. The van der Waals surface area contributed by atoms with Gasteiger partial charge in [0.25, 0.3) is 0 Å². The van der Waals surface area contributed by atoms with E-state index in [1.54, 1.807) is 12.4 Å². The van der Waals surface area contributed by atoms with Crippen molar-refractivity contribution in [3.05, 3.63) is 65.5 Å². The first-order chi connectivity index (χ1) is 9.20. The van der Waals surface area contributed by atoms with Crippen molar-refractivity contribution in [2.24, 2.45) is 0 Å². The van der Waals surface area contributed by atoms with Crippen LogP contribution in [0, 0.1) is 11.3 Å². The fraction of sp³-hybridized carbons (Fsp3) is 0.250. The minimum Gasteiger partial charge on any atom is -0.304 e. The molecule has 1 aromatic carbocycles. The van der Waals surface area contributed by atoms with Crippen molar-refractivity contribution < 1.29 is 0 Å². The van der Waals surface area contributed by atoms with Gasteiger partial charge in [0.15, 0.2) is 0 Å². The van der Waals surface area contributed by atoms with Crippen LogP contribution in [-0.4, -0.2) is 4.98 Å². The molecule has 3 nitrogen and oxygen atoms in total. The van der Waals surface area contributed by atoms with Crippen molar-refractivity contribution in [2.75, 3.05) is 0 Å². The molecule has 0 bridgehead atoms. The average molecular weight is 251 g/mol. The van der Waals surface area contributed by atoms with E-state index in [0.29, 0.717) is 5.56 Å². The third-order valence-corrected chi connectivity index (χ3v) is 3.22. The number of nitriles is 1. The first kappa shape index (κ1) is 13.3. The number of hydrogen-bond donors (Lipinski definition) is 1. The molecule has 1 aromatic heterocycles. The average Bonchev–Trinajstić information content (AvgIpc) is 2.48. The number of rotatable bonds is 4. The summed E-state index contributed by atoms with van der Waals surface area (Å²) < 4.78 is 0. The van der Waals surface area contributed by atoms with Gasteiger partial charge in [-0.1, -0.05) is 12.1 Å². The van der Waals surface area contributed by atoms with Gasteiger partial charge in [0, 0.05) is 24.5 Å². The van der Waals surface area contributed by atoms with E-state index >= 15 is 0 Å². The zero-order chi connectivity index (χ0) is 13.7. The van der Waals surface area contributed by atoms with Gasteiger partial charge in [0.2, 0.25) is 0 Å². The van der Waals surface area contributed by atoms with Crippen molar-refractivity contribution in [2.45, 2.75) is 25.9 Å². The van der Waals surface area contributed by atoms with Crippen LogP contribution in [0.1, 0.15) is 42.6 Å². The summed E-state index contributed by atoms with van der Waals surface area (Å²) in [6.45, 7) is 4.23. The van der Waals surface area contributed by atoms with Gasteiger partial charge in [-0.15, -0.1) is 0 Å². The molecule has 96 valence electrons. The lowest BCUT2D eigenvalue weighted by Crippen LogP contribution is -2.22. The Morgan fingerprint density at radius 1 is 1.05 bits per heavy atom. The van der Waals surface area contributed by atoms with Gasteiger partial charge in [0.1, 0.15) is 0 Å². The number of nitrogens with one attached hydrogen (secondary N) is 1. The highest BCUT2D eigenvalue weighted by Gasteiger charge is 2.11. The van der Waals surface area contributed by atoms with E-state index in [4.69, 9.17) is 5.26 Å². The molecular weight excluding hydrogens is 234 g/mol. The highest BCUT2D eigenvalue weighted by molar-refractivity contribution is 5.34. The Morgan fingerprint density at radius 3 is 2.42 bits per heavy atom. The Labute approximate surface area is 113 Å². The van der Waals surface area contributed by atoms with Crippen LogP contribution in [0.3, 0.4) is 0 Å². The summed E-state index contributed by atoms with van der Waals surface area (Å²) in [4.78, 5) is 4.02. The molecule has 0 radical (unpaired) electrons. The maximum Gasteiger partial charge on any atom is 0.0991 e. The lowest BCUT2D eigenvalue weighted by Gasteiger charge is -2.20. The molecule has 0 amide bonds. The minimum atomic E-state index is 0.191. The minimum absolute atomic E-state index is 0.191. The van der Waals surface area contributed by atoms with Crippen LogP contribution in [0.5, 0.6) is 0 Å². The topological polar surface area (TPSA) is 48.7 Å². The molecule has 0 saturated carbocycles. The van der Waals surface area contributed by atoms with Gasteiger partial charge in [-0.05, 0) is 49.2 Å². The Kier molecular flexibility index (Phi) is 4.27. The fourth-order valence-corrected chi connectivity index (χ4v) is 2.10. The molecule has 1 N–H and O–H groups in total. The molecule has 19 heavy (non-hydrogen) atoms. The van der Waals surface area contributed by atoms with Crippen molar-refractivity contribution in [3.8, 4) is 6.07 Å². The lowest BCUT2D eigenvalue weighted by molar-refractivity contribution is 0.494. The zero-order valence-electron chi connectivity index (χ0n) is 11.2. The van der Waals surface area contributed by atoms with Crippen LogP contribution in [0.25, 0.3) is 0 Å². The Hall–Kier alpha value is -2.18. The highest BCUT2D eigenvalue weighted by Crippen LogP contribution is 2.19. The van der Waals surface area contributed by atoms with Crippen molar-refractivity contribution in [3.63, 3.8) is 0 Å². The van der Waals surface area contributed by atoms with E-state index in [0.717, 1.165) is 5.56 Å². The van der Waals surface area contributed by atoms with E-state index < -0.39 is 0 Å². The zero-order valence-corrected chi connectivity index (χ0v) is 11.2. The molecule has 0 aliphatic rings. The Bertz CT molecular complexity index is 572. The molecule has 0 saturated heterocycles. The Morgan fingerprint density at radius 2 is 1.74 bits per heavy atom. The molecule has 0 spiro atoms. The normalized spacial score (nSPS) is 13.5. The third kappa shape index (κ3) is 3.40. The molecule has 2 aromatic rings. The van der Waals surface area contributed by atoms with E-state index in [2.05, 4.69) is 30.2 Å². The van der Waals surface area contributed by atoms with E-state index in [9.17, 15) is 0 Å². The summed E-state index contributed by atoms with van der Waals surface area (Å²) in [5.41, 5.74) is 3.03. The number of benzene rings is 1. The summed E-state index contributed by atoms with van der Waals surface area (Å²) in [6.07, 6.45) is 3.60. The van der Waals surface area contributed by atoms with Gasteiger partial charge in [-0.2, -0.15) is 5.26 Å². The van der Waals surface area contributed by atoms with Gasteiger partial charge in [-0.3, -0.25) is 4.98 Å². The van der Waals surface area contributed by atoms with Crippen molar-refractivity contribution >= 4 is 0 Å². The molecule has 2 atom stereocenters. The highest BCUT2D eigenvalue weighted by atomic mass is 14.9. The fourth-order valence-electron chi connectivity index (χ4n) is 2.10. The van der Waals surface area contributed by atoms with Gasteiger partial charge < -0.3 is 5.32 Å². The second-order valence-corrected chi connectivity index (χ2v) is 4.63. The predicted octanol–water partition coefficient (Wildman–Crippen LogP) is 3.37. The van der Waals surface area contributed by atoms with Crippen LogP contribution < -0.4 is 5.32 Å². The summed E-state index contributed by atoms with van der Waals surface area (Å²) in [7, 11) is 0. The number of aromatic nitrogens is 1. The van der Waals surface area contributed by atoms with Crippen LogP contribution >= 0.6 is 0 Å². The standard InChI is InChI=1S/C16H17N3/c1-12(15-6-8-18-9-7-15)19-13(2)16-5-3-4-14(10-16)11-17/h3-10,12-13,19H,1-2H3. The molecule has 0 fully saturated rings. The van der Waals surface area contributed by atoms with E-state index in [1.165, 1.54) is 5.56 Å². The van der Waals surface area contributed by atoms with Crippen molar-refractivity contribution in [1.29, 1.82) is 5.26 Å². The van der Waals surface area contributed by atoms with Crippen LogP contribution in [0.15, 0.2) is 48.8 Å². The molecule has 2 unspecified atom stereocenters. The smallest absolute Gasteiger partial charge is 0.0991 e. The molecule has 2 rings (SSSR count). The monoisotopic (exact) mass is 251 g/mol. The first-order valence-corrected chi connectivity index (χ1v) is 6.36. The van der Waals surface area contributed by atoms with Crippen LogP contribution in [-0.2, 0) is 0 Å². The van der Waals surface area contributed by atoms with E-state index in [-0.39, 0.29) is 12.1 Å². The summed E-state index contributed by atoms with van der Waals surface area (Å²) in [6, 6.07) is 14.3. The van der Waals surface area contributed by atoms with Crippen LogP contribution in [0.2, 0.25) is 0 Å². The second kappa shape index (κ2) is 6.12. The summed E-state index contributed by atoms with van der Waals surface area (Å²) in [5, 5.41) is 12.5. The largest absolute Gasteiger partial charge is 0.304 e. The third-order valence-electron chi connectivity index (χ3n) is 3.22.